The van der Waals surface area contributed by atoms with Crippen molar-refractivity contribution in [3.63, 3.8) is 0 Å². The number of nitro benzene ring substituents is 1. The molecule has 32 heavy (non-hydrogen) atoms. The molecule has 1 aliphatic heterocycles. The normalized spacial score (nSPS) is 14.8. The second-order valence-corrected chi connectivity index (χ2v) is 9.27. The number of rotatable bonds is 7. The maximum absolute atomic E-state index is 12.3. The van der Waals surface area contributed by atoms with E-state index in [1.54, 1.807) is 23.5 Å². The average molecular weight is 457 g/mol. The van der Waals surface area contributed by atoms with E-state index in [0.717, 1.165) is 54.4 Å². The van der Waals surface area contributed by atoms with Gasteiger partial charge in [0.05, 0.1) is 16.3 Å². The maximum Gasteiger partial charge on any atom is 0.317 e. The lowest BCUT2D eigenvalue weighted by atomic mass is 10.1. The highest BCUT2D eigenvalue weighted by atomic mass is 32.1. The van der Waals surface area contributed by atoms with Gasteiger partial charge in [-0.1, -0.05) is 13.3 Å². The van der Waals surface area contributed by atoms with E-state index in [0.29, 0.717) is 19.6 Å². The number of urea groups is 1. The molecule has 1 N–H and O–H groups in total. The summed E-state index contributed by atoms with van der Waals surface area (Å²) in [5.41, 5.74) is 2.86. The maximum atomic E-state index is 12.3. The van der Waals surface area contributed by atoms with Gasteiger partial charge in [-0.2, -0.15) is 0 Å². The van der Waals surface area contributed by atoms with E-state index in [1.807, 2.05) is 4.90 Å². The van der Waals surface area contributed by atoms with Crippen molar-refractivity contribution in [3.8, 4) is 11.3 Å². The lowest BCUT2D eigenvalue weighted by Crippen LogP contribution is -2.51. The molecule has 4 rings (SSSR count). The average Bonchev–Trinajstić information content (AvgIpc) is 3.31. The van der Waals surface area contributed by atoms with Gasteiger partial charge in [0.1, 0.15) is 0 Å². The van der Waals surface area contributed by atoms with Gasteiger partial charge in [0, 0.05) is 68.0 Å². The van der Waals surface area contributed by atoms with E-state index in [4.69, 9.17) is 4.98 Å². The molecule has 1 aliphatic rings. The number of nitrogens with zero attached hydrogens (tertiary/aromatic N) is 5. The third kappa shape index (κ3) is 4.76. The Labute approximate surface area is 190 Å². The Bertz CT molecular complexity index is 1100. The van der Waals surface area contributed by atoms with Crippen LogP contribution in [0.15, 0.2) is 30.5 Å². The zero-order chi connectivity index (χ0) is 22.7. The van der Waals surface area contributed by atoms with Gasteiger partial charge in [0.15, 0.2) is 4.96 Å². The highest BCUT2D eigenvalue weighted by Gasteiger charge is 2.24. The largest absolute Gasteiger partial charge is 0.338 e. The number of amides is 2. The number of nitrogens with one attached hydrogen (secondary N) is 1. The van der Waals surface area contributed by atoms with Crippen molar-refractivity contribution in [2.45, 2.75) is 33.2 Å². The molecule has 170 valence electrons. The van der Waals surface area contributed by atoms with Crippen LogP contribution in [-0.2, 0) is 6.54 Å². The molecule has 0 unspecified atom stereocenters. The molecule has 1 fully saturated rings. The van der Waals surface area contributed by atoms with Gasteiger partial charge in [-0.25, -0.2) is 9.78 Å². The monoisotopic (exact) mass is 456 g/mol. The molecule has 10 heteroatoms. The molecule has 3 heterocycles. The van der Waals surface area contributed by atoms with Crippen molar-refractivity contribution in [1.29, 1.82) is 0 Å². The molecule has 9 nitrogen and oxygen atoms in total. The minimum atomic E-state index is -0.391. The molecular weight excluding hydrogens is 428 g/mol. The van der Waals surface area contributed by atoms with Crippen molar-refractivity contribution in [2.75, 3.05) is 32.7 Å². The Hall–Kier alpha value is -2.98. The van der Waals surface area contributed by atoms with E-state index in [2.05, 4.69) is 34.7 Å². The number of carbonyl (C=O) groups excluding carboxylic acids is 1. The Morgan fingerprint density at radius 1 is 1.22 bits per heavy atom. The minimum Gasteiger partial charge on any atom is -0.338 e. The lowest BCUT2D eigenvalue weighted by Gasteiger charge is -2.34. The van der Waals surface area contributed by atoms with Crippen LogP contribution < -0.4 is 5.32 Å². The van der Waals surface area contributed by atoms with Crippen LogP contribution in [0.1, 0.15) is 30.3 Å². The number of benzene rings is 1. The summed E-state index contributed by atoms with van der Waals surface area (Å²) in [4.78, 5) is 34.1. The second kappa shape index (κ2) is 9.66. The van der Waals surface area contributed by atoms with Crippen LogP contribution in [0.25, 0.3) is 16.2 Å². The van der Waals surface area contributed by atoms with Gasteiger partial charge in [0.25, 0.3) is 5.69 Å². The number of thiazole rings is 1. The van der Waals surface area contributed by atoms with Crippen LogP contribution in [-0.4, -0.2) is 62.9 Å². The van der Waals surface area contributed by atoms with E-state index in [1.165, 1.54) is 17.0 Å². The quantitative estimate of drug-likeness (QED) is 0.330. The standard InChI is InChI=1S/C22H28N6O3S/c1-3-4-9-23-21(29)26-12-10-25(11-13-26)15-19-20(24-22-27(19)14-16(2)32-22)17-5-7-18(8-6-17)28(30)31/h5-8,14H,3-4,9-13,15H2,1-2H3,(H,23,29). The molecule has 0 saturated carbocycles. The first-order valence-corrected chi connectivity index (χ1v) is 11.7. The molecule has 3 aromatic rings. The van der Waals surface area contributed by atoms with E-state index in [-0.39, 0.29) is 11.7 Å². The van der Waals surface area contributed by atoms with E-state index >= 15 is 0 Å². The number of imidazole rings is 1. The van der Waals surface area contributed by atoms with Gasteiger partial charge in [-0.15, -0.1) is 11.3 Å². The number of aryl methyl sites for hydroxylation is 1. The molecule has 0 atom stereocenters. The SMILES string of the molecule is CCCCNC(=O)N1CCN(Cc2c(-c3ccc([N+](=O)[O-])cc3)nc3sc(C)cn23)CC1. The van der Waals surface area contributed by atoms with Crippen molar-refractivity contribution in [3.05, 3.63) is 51.1 Å². The van der Waals surface area contributed by atoms with Crippen LogP contribution in [0.2, 0.25) is 0 Å². The number of aromatic nitrogens is 2. The first-order chi connectivity index (χ1) is 15.5. The first kappa shape index (κ1) is 22.2. The number of piperazine rings is 1. The van der Waals surface area contributed by atoms with Gasteiger partial charge < -0.3 is 10.2 Å². The van der Waals surface area contributed by atoms with Gasteiger partial charge >= 0.3 is 6.03 Å². The number of nitro groups is 1. The molecule has 2 aromatic heterocycles. The zero-order valence-corrected chi connectivity index (χ0v) is 19.2. The highest BCUT2D eigenvalue weighted by Crippen LogP contribution is 2.30. The summed E-state index contributed by atoms with van der Waals surface area (Å²) in [6, 6.07) is 6.59. The van der Waals surface area contributed by atoms with Crippen molar-refractivity contribution in [1.82, 2.24) is 24.5 Å². The Morgan fingerprint density at radius 2 is 1.94 bits per heavy atom. The number of carbonyl (C=O) groups is 1. The fourth-order valence-electron chi connectivity index (χ4n) is 3.93. The lowest BCUT2D eigenvalue weighted by molar-refractivity contribution is -0.384. The van der Waals surface area contributed by atoms with Gasteiger partial charge in [-0.3, -0.25) is 19.4 Å². The van der Waals surface area contributed by atoms with Crippen LogP contribution in [0.5, 0.6) is 0 Å². The molecule has 1 saturated heterocycles. The molecule has 0 bridgehead atoms. The summed E-state index contributed by atoms with van der Waals surface area (Å²) in [7, 11) is 0. The van der Waals surface area contributed by atoms with E-state index < -0.39 is 4.92 Å². The molecule has 2 amide bonds. The fourth-order valence-corrected chi connectivity index (χ4v) is 4.77. The van der Waals surface area contributed by atoms with E-state index in [9.17, 15) is 14.9 Å². The van der Waals surface area contributed by atoms with Gasteiger partial charge in [0.2, 0.25) is 0 Å². The van der Waals surface area contributed by atoms with Gasteiger partial charge in [-0.05, 0) is 25.5 Å². The van der Waals surface area contributed by atoms with Crippen molar-refractivity contribution < 1.29 is 9.72 Å². The molecule has 0 aliphatic carbocycles. The molecule has 0 radical (unpaired) electrons. The summed E-state index contributed by atoms with van der Waals surface area (Å²) in [5, 5.41) is 14.0. The number of hydrogen-bond donors (Lipinski definition) is 1. The van der Waals surface area contributed by atoms with Crippen molar-refractivity contribution >= 4 is 28.0 Å². The Morgan fingerprint density at radius 3 is 2.59 bits per heavy atom. The number of hydrogen-bond acceptors (Lipinski definition) is 6. The topological polar surface area (TPSA) is 96.0 Å². The molecular formula is C22H28N6O3S. The van der Waals surface area contributed by atoms with Crippen LogP contribution in [0.4, 0.5) is 10.5 Å². The first-order valence-electron chi connectivity index (χ1n) is 10.9. The van der Waals surface area contributed by atoms with Crippen LogP contribution in [0.3, 0.4) is 0 Å². The number of non-ortho nitro benzene ring substituents is 1. The summed E-state index contributed by atoms with van der Waals surface area (Å²) in [6.07, 6.45) is 4.15. The Kier molecular flexibility index (Phi) is 6.71. The summed E-state index contributed by atoms with van der Waals surface area (Å²) < 4.78 is 2.13. The molecule has 1 aromatic carbocycles. The molecule has 0 spiro atoms. The summed E-state index contributed by atoms with van der Waals surface area (Å²) in [6.45, 7) is 8.55. The van der Waals surface area contributed by atoms with Crippen LogP contribution >= 0.6 is 11.3 Å². The van der Waals surface area contributed by atoms with Crippen LogP contribution in [0, 0.1) is 17.0 Å². The predicted molar refractivity (Wildman–Crippen MR) is 125 cm³/mol. The summed E-state index contributed by atoms with van der Waals surface area (Å²) >= 11 is 1.63. The zero-order valence-electron chi connectivity index (χ0n) is 18.4. The highest BCUT2D eigenvalue weighted by molar-refractivity contribution is 7.17. The third-order valence-electron chi connectivity index (χ3n) is 5.73. The Balaban J connectivity index is 1.50. The smallest absolute Gasteiger partial charge is 0.317 e. The fraction of sp³-hybridized carbons (Fsp3) is 0.455. The van der Waals surface area contributed by atoms with Crippen molar-refractivity contribution in [2.24, 2.45) is 0 Å². The summed E-state index contributed by atoms with van der Waals surface area (Å²) in [5.74, 6) is 0. The number of fused-ring (bicyclic) bond motifs is 1. The second-order valence-electron chi connectivity index (χ2n) is 8.05. The minimum absolute atomic E-state index is 0.0184. The number of unbranched alkanes of at least 4 members (excludes halogenated alkanes) is 1. The predicted octanol–water partition coefficient (Wildman–Crippen LogP) is 3.91. The third-order valence-corrected chi connectivity index (χ3v) is 6.63.